The molecule has 0 aliphatic heterocycles. The lowest BCUT2D eigenvalue weighted by atomic mass is 10.1. The van der Waals surface area contributed by atoms with Crippen LogP contribution in [0, 0.1) is 0 Å². The molecule has 6 nitrogen and oxygen atoms in total. The van der Waals surface area contributed by atoms with Gasteiger partial charge in [0, 0.05) is 17.6 Å². The summed E-state index contributed by atoms with van der Waals surface area (Å²) in [5, 5.41) is 5.50. The van der Waals surface area contributed by atoms with E-state index in [1.54, 1.807) is 36.4 Å². The first-order chi connectivity index (χ1) is 12.1. The van der Waals surface area contributed by atoms with Gasteiger partial charge in [-0.25, -0.2) is 0 Å². The monoisotopic (exact) mass is 406 g/mol. The predicted molar refractivity (Wildman–Crippen MR) is 98.4 cm³/mol. The van der Waals surface area contributed by atoms with E-state index in [0.717, 1.165) is 4.47 Å². The van der Waals surface area contributed by atoms with Crippen LogP contribution in [0.4, 0.5) is 0 Å². The van der Waals surface area contributed by atoms with Crippen molar-refractivity contribution >= 4 is 27.7 Å². The zero-order chi connectivity index (χ0) is 18.2. The second kappa shape index (κ2) is 9.08. The molecule has 2 rings (SSSR count). The fourth-order valence-corrected chi connectivity index (χ4v) is 2.72. The molecule has 0 heterocycles. The van der Waals surface area contributed by atoms with Crippen LogP contribution in [0.25, 0.3) is 0 Å². The minimum absolute atomic E-state index is 0.211. The molecule has 0 aromatic heterocycles. The molecule has 0 aliphatic rings. The van der Waals surface area contributed by atoms with Crippen LogP contribution in [-0.2, 0) is 0 Å². The molecule has 132 valence electrons. The van der Waals surface area contributed by atoms with Crippen molar-refractivity contribution < 1.29 is 19.1 Å². The first kappa shape index (κ1) is 18.8. The summed E-state index contributed by atoms with van der Waals surface area (Å²) in [7, 11) is 2.98. The zero-order valence-corrected chi connectivity index (χ0v) is 15.6. The molecule has 0 unspecified atom stereocenters. The Labute approximate surface area is 154 Å². The van der Waals surface area contributed by atoms with Crippen LogP contribution in [-0.4, -0.2) is 39.1 Å². The van der Waals surface area contributed by atoms with Crippen molar-refractivity contribution in [3.8, 4) is 11.5 Å². The number of carbonyl (C=O) groups excluding carboxylic acids is 2. The molecule has 0 bridgehead atoms. The van der Waals surface area contributed by atoms with E-state index in [-0.39, 0.29) is 18.4 Å². The minimum atomic E-state index is -0.329. The highest BCUT2D eigenvalue weighted by Gasteiger charge is 2.17. The molecule has 2 N–H and O–H groups in total. The van der Waals surface area contributed by atoms with Gasteiger partial charge in [-0.2, -0.15) is 0 Å². The highest BCUT2D eigenvalue weighted by Crippen LogP contribution is 2.27. The molecule has 2 amide bonds. The van der Waals surface area contributed by atoms with Gasteiger partial charge in [0.25, 0.3) is 11.8 Å². The van der Waals surface area contributed by atoms with E-state index in [0.29, 0.717) is 29.2 Å². The molecule has 0 saturated heterocycles. The number of hydrogen-bond acceptors (Lipinski definition) is 4. The van der Waals surface area contributed by atoms with Gasteiger partial charge in [0.05, 0.1) is 19.8 Å². The van der Waals surface area contributed by atoms with Crippen molar-refractivity contribution in [3.05, 3.63) is 58.1 Å². The molecular formula is C18H19BrN2O4. The Kier molecular flexibility index (Phi) is 6.82. The number of rotatable bonds is 7. The van der Waals surface area contributed by atoms with Gasteiger partial charge >= 0.3 is 0 Å². The maximum Gasteiger partial charge on any atom is 0.258 e. The third-order valence-corrected chi connectivity index (χ3v) is 4.16. The normalized spacial score (nSPS) is 10.0. The SMILES string of the molecule is COc1cccc(OC)c1C(=O)NCCNC(=O)c1ccccc1Br. The summed E-state index contributed by atoms with van der Waals surface area (Å²) in [6.07, 6.45) is 0. The third-order valence-electron chi connectivity index (χ3n) is 3.47. The van der Waals surface area contributed by atoms with Crippen molar-refractivity contribution in [3.63, 3.8) is 0 Å². The Morgan fingerprint density at radius 3 is 2.00 bits per heavy atom. The Balaban J connectivity index is 1.91. The van der Waals surface area contributed by atoms with Crippen LogP contribution in [0.5, 0.6) is 11.5 Å². The van der Waals surface area contributed by atoms with E-state index < -0.39 is 0 Å². The molecule has 25 heavy (non-hydrogen) atoms. The van der Waals surface area contributed by atoms with Gasteiger partial charge in [-0.15, -0.1) is 0 Å². The van der Waals surface area contributed by atoms with Crippen molar-refractivity contribution in [2.75, 3.05) is 27.3 Å². The Morgan fingerprint density at radius 1 is 0.880 bits per heavy atom. The molecule has 0 fully saturated rings. The standard InChI is InChI=1S/C18H19BrN2O4/c1-24-14-8-5-9-15(25-2)16(14)18(23)21-11-10-20-17(22)12-6-3-4-7-13(12)19/h3-9H,10-11H2,1-2H3,(H,20,22)(H,21,23). The van der Waals surface area contributed by atoms with Crippen molar-refractivity contribution in [1.82, 2.24) is 10.6 Å². The molecule has 2 aromatic rings. The van der Waals surface area contributed by atoms with E-state index in [1.165, 1.54) is 14.2 Å². The van der Waals surface area contributed by atoms with Crippen molar-refractivity contribution in [2.45, 2.75) is 0 Å². The van der Waals surface area contributed by atoms with Crippen molar-refractivity contribution in [2.24, 2.45) is 0 Å². The zero-order valence-electron chi connectivity index (χ0n) is 14.0. The van der Waals surface area contributed by atoms with E-state index in [4.69, 9.17) is 9.47 Å². The molecule has 0 atom stereocenters. The lowest BCUT2D eigenvalue weighted by molar-refractivity contribution is 0.0923. The Hall–Kier alpha value is -2.54. The first-order valence-corrected chi connectivity index (χ1v) is 8.39. The lowest BCUT2D eigenvalue weighted by Crippen LogP contribution is -2.35. The van der Waals surface area contributed by atoms with Crippen LogP contribution in [0.3, 0.4) is 0 Å². The van der Waals surface area contributed by atoms with E-state index in [2.05, 4.69) is 26.6 Å². The molecule has 2 aromatic carbocycles. The summed E-state index contributed by atoms with van der Waals surface area (Å²) in [6.45, 7) is 0.569. The fourth-order valence-electron chi connectivity index (χ4n) is 2.26. The van der Waals surface area contributed by atoms with Crippen LogP contribution < -0.4 is 20.1 Å². The number of methoxy groups -OCH3 is 2. The predicted octanol–water partition coefficient (Wildman–Crippen LogP) is 2.63. The largest absolute Gasteiger partial charge is 0.496 e. The molecule has 0 saturated carbocycles. The number of carbonyl (C=O) groups is 2. The summed E-state index contributed by atoms with van der Waals surface area (Å²) in [4.78, 5) is 24.5. The summed E-state index contributed by atoms with van der Waals surface area (Å²) < 4.78 is 11.1. The molecular weight excluding hydrogens is 388 g/mol. The van der Waals surface area contributed by atoms with Gasteiger partial charge in [0.2, 0.25) is 0 Å². The topological polar surface area (TPSA) is 76.7 Å². The van der Waals surface area contributed by atoms with Crippen LogP contribution in [0.2, 0.25) is 0 Å². The van der Waals surface area contributed by atoms with Gasteiger partial charge in [-0.3, -0.25) is 9.59 Å². The number of benzene rings is 2. The van der Waals surface area contributed by atoms with E-state index >= 15 is 0 Å². The van der Waals surface area contributed by atoms with Crippen LogP contribution in [0.15, 0.2) is 46.9 Å². The van der Waals surface area contributed by atoms with Crippen LogP contribution in [0.1, 0.15) is 20.7 Å². The summed E-state index contributed by atoms with van der Waals surface area (Å²) in [5.41, 5.74) is 0.866. The quantitative estimate of drug-likeness (QED) is 0.692. The lowest BCUT2D eigenvalue weighted by Gasteiger charge is -2.13. The number of amides is 2. The maximum absolute atomic E-state index is 12.4. The second-order valence-electron chi connectivity index (χ2n) is 5.03. The van der Waals surface area contributed by atoms with Gasteiger partial charge in [-0.1, -0.05) is 18.2 Å². The Morgan fingerprint density at radius 2 is 1.44 bits per heavy atom. The number of halogens is 1. The second-order valence-corrected chi connectivity index (χ2v) is 5.88. The fraction of sp³-hybridized carbons (Fsp3) is 0.222. The summed E-state index contributed by atoms with van der Waals surface area (Å²) in [5.74, 6) is 0.309. The Bertz CT molecular complexity index is 742. The highest BCUT2D eigenvalue weighted by atomic mass is 79.9. The highest BCUT2D eigenvalue weighted by molar-refractivity contribution is 9.10. The molecule has 0 spiro atoms. The number of nitrogens with one attached hydrogen (secondary N) is 2. The smallest absolute Gasteiger partial charge is 0.258 e. The molecule has 7 heteroatoms. The van der Waals surface area contributed by atoms with E-state index in [1.807, 2.05) is 6.07 Å². The third kappa shape index (κ3) is 4.73. The molecule has 0 aliphatic carbocycles. The van der Waals surface area contributed by atoms with Crippen molar-refractivity contribution in [1.29, 1.82) is 0 Å². The minimum Gasteiger partial charge on any atom is -0.496 e. The summed E-state index contributed by atoms with van der Waals surface area (Å²) in [6, 6.07) is 12.3. The average Bonchev–Trinajstić information content (AvgIpc) is 2.64. The average molecular weight is 407 g/mol. The van der Waals surface area contributed by atoms with E-state index in [9.17, 15) is 9.59 Å². The molecule has 0 radical (unpaired) electrons. The summed E-state index contributed by atoms with van der Waals surface area (Å²) >= 11 is 3.33. The van der Waals surface area contributed by atoms with Gasteiger partial charge < -0.3 is 20.1 Å². The van der Waals surface area contributed by atoms with Gasteiger partial charge in [0.1, 0.15) is 17.1 Å². The number of ether oxygens (including phenoxy) is 2. The van der Waals surface area contributed by atoms with Crippen LogP contribution >= 0.6 is 15.9 Å². The van der Waals surface area contributed by atoms with Gasteiger partial charge in [-0.05, 0) is 40.2 Å². The number of hydrogen-bond donors (Lipinski definition) is 2. The maximum atomic E-state index is 12.4. The van der Waals surface area contributed by atoms with Gasteiger partial charge in [0.15, 0.2) is 0 Å². The first-order valence-electron chi connectivity index (χ1n) is 7.60.